The molecule has 1 amide bonds. The Labute approximate surface area is 257 Å². The summed E-state index contributed by atoms with van der Waals surface area (Å²) in [4.78, 5) is 38.3. The third kappa shape index (κ3) is 6.99. The SMILES string of the molecule is COc1ccc(CN(Cc2ccc(OC)cc2)c2nccc3c2[nH]c(=O)n3C2C[C@@H](OC)CN(C(=O)OC(C)(C)C)C2)cc1. The summed E-state index contributed by atoms with van der Waals surface area (Å²) in [5.74, 6) is 2.20. The van der Waals surface area contributed by atoms with Crippen molar-refractivity contribution in [3.63, 3.8) is 0 Å². The first-order chi connectivity index (χ1) is 21.1. The Kier molecular flexibility index (Phi) is 9.14. The van der Waals surface area contributed by atoms with Gasteiger partial charge < -0.3 is 33.7 Å². The number of benzene rings is 2. The molecular weight excluding hydrogens is 562 g/mol. The first-order valence-electron chi connectivity index (χ1n) is 14.7. The number of hydrogen-bond acceptors (Lipinski definition) is 8. The number of nitrogens with one attached hydrogen (secondary N) is 1. The number of nitrogens with zero attached hydrogens (tertiary/aromatic N) is 4. The number of carbonyl (C=O) groups excluding carboxylic acids is 1. The van der Waals surface area contributed by atoms with Crippen LogP contribution >= 0.6 is 0 Å². The van der Waals surface area contributed by atoms with Crippen LogP contribution in [0.2, 0.25) is 0 Å². The zero-order valence-corrected chi connectivity index (χ0v) is 26.2. The molecule has 1 saturated heterocycles. The summed E-state index contributed by atoms with van der Waals surface area (Å²) in [6.07, 6.45) is 1.62. The van der Waals surface area contributed by atoms with Crippen LogP contribution in [-0.4, -0.2) is 71.7 Å². The predicted molar refractivity (Wildman–Crippen MR) is 168 cm³/mol. The van der Waals surface area contributed by atoms with Gasteiger partial charge in [0.2, 0.25) is 0 Å². The van der Waals surface area contributed by atoms with Crippen LogP contribution in [0.3, 0.4) is 0 Å². The van der Waals surface area contributed by atoms with Crippen molar-refractivity contribution in [3.05, 3.63) is 82.4 Å². The number of fused-ring (bicyclic) bond motifs is 1. The van der Waals surface area contributed by atoms with E-state index in [2.05, 4.69) is 9.88 Å². The molecule has 1 fully saturated rings. The molecule has 2 atom stereocenters. The van der Waals surface area contributed by atoms with Gasteiger partial charge in [-0.15, -0.1) is 0 Å². The van der Waals surface area contributed by atoms with Gasteiger partial charge in [-0.1, -0.05) is 24.3 Å². The highest BCUT2D eigenvalue weighted by Crippen LogP contribution is 2.31. The lowest BCUT2D eigenvalue weighted by Crippen LogP contribution is -2.50. The third-order valence-electron chi connectivity index (χ3n) is 7.72. The van der Waals surface area contributed by atoms with Crippen molar-refractivity contribution in [2.24, 2.45) is 0 Å². The van der Waals surface area contributed by atoms with Crippen molar-refractivity contribution < 1.29 is 23.7 Å². The molecule has 1 aliphatic rings. The number of likely N-dealkylation sites (tertiary alicyclic amines) is 1. The molecule has 0 bridgehead atoms. The first-order valence-corrected chi connectivity index (χ1v) is 14.7. The van der Waals surface area contributed by atoms with Crippen LogP contribution in [0.15, 0.2) is 65.6 Å². The van der Waals surface area contributed by atoms with E-state index in [0.717, 1.165) is 22.6 Å². The Morgan fingerprint density at radius 1 is 0.932 bits per heavy atom. The fraction of sp³-hybridized carbons (Fsp3) is 0.424. The molecule has 11 nitrogen and oxygen atoms in total. The minimum Gasteiger partial charge on any atom is -0.497 e. The molecule has 2 aromatic carbocycles. The maximum atomic E-state index is 13.6. The molecule has 4 aromatic rings. The zero-order chi connectivity index (χ0) is 31.4. The number of aromatic nitrogens is 3. The monoisotopic (exact) mass is 603 g/mol. The lowest BCUT2D eigenvalue weighted by molar-refractivity contribution is -0.0174. The average molecular weight is 604 g/mol. The summed E-state index contributed by atoms with van der Waals surface area (Å²) in [6.45, 7) is 7.30. The molecule has 44 heavy (non-hydrogen) atoms. The summed E-state index contributed by atoms with van der Waals surface area (Å²) in [5, 5.41) is 0. The number of H-pyrrole nitrogens is 1. The Hall–Kier alpha value is -4.51. The number of carbonyl (C=O) groups is 1. The number of pyridine rings is 1. The number of hydrogen-bond donors (Lipinski definition) is 1. The standard InChI is InChI=1S/C33H41N5O6/c1-33(2,3)44-32(40)37-20-24(17-27(21-37)43-6)38-28-15-16-34-30(29(28)35-31(38)39)36(18-22-7-11-25(41-4)12-8-22)19-23-9-13-26(42-5)14-10-23/h7-16,24,27H,17-21H2,1-6H3,(H,35,39)/t24?,27-/m1/s1. The highest BCUT2D eigenvalue weighted by atomic mass is 16.6. The number of amides is 1. The van der Waals surface area contributed by atoms with Gasteiger partial charge in [0.05, 0.1) is 38.4 Å². The predicted octanol–water partition coefficient (Wildman–Crippen LogP) is 5.15. The van der Waals surface area contributed by atoms with E-state index < -0.39 is 11.7 Å². The Bertz CT molecular complexity index is 1570. The number of ether oxygens (including phenoxy) is 4. The van der Waals surface area contributed by atoms with E-state index in [0.29, 0.717) is 49.5 Å². The fourth-order valence-electron chi connectivity index (χ4n) is 5.61. The fourth-order valence-corrected chi connectivity index (χ4v) is 5.61. The molecule has 1 aliphatic heterocycles. The third-order valence-corrected chi connectivity index (χ3v) is 7.72. The van der Waals surface area contributed by atoms with Crippen LogP contribution in [0.4, 0.5) is 10.6 Å². The number of aromatic amines is 1. The summed E-state index contributed by atoms with van der Waals surface area (Å²) in [5.41, 5.74) is 2.55. The maximum Gasteiger partial charge on any atom is 0.410 e. The van der Waals surface area contributed by atoms with E-state index in [1.807, 2.05) is 75.4 Å². The topological polar surface area (TPSA) is 111 Å². The Morgan fingerprint density at radius 3 is 2.05 bits per heavy atom. The molecule has 1 N–H and O–H groups in total. The highest BCUT2D eigenvalue weighted by Gasteiger charge is 2.35. The molecule has 0 aliphatic carbocycles. The van der Waals surface area contributed by atoms with E-state index in [1.54, 1.807) is 37.0 Å². The van der Waals surface area contributed by atoms with E-state index in [-0.39, 0.29) is 17.8 Å². The second kappa shape index (κ2) is 13.0. The van der Waals surface area contributed by atoms with Gasteiger partial charge in [-0.25, -0.2) is 14.6 Å². The van der Waals surface area contributed by atoms with Crippen LogP contribution in [0, 0.1) is 0 Å². The second-order valence-electron chi connectivity index (χ2n) is 12.0. The van der Waals surface area contributed by atoms with Crippen LogP contribution in [0.5, 0.6) is 11.5 Å². The number of rotatable bonds is 9. The Balaban J connectivity index is 1.52. The number of anilines is 1. The lowest BCUT2D eigenvalue weighted by Gasteiger charge is -2.38. The van der Waals surface area contributed by atoms with Gasteiger partial charge >= 0.3 is 11.8 Å². The van der Waals surface area contributed by atoms with Crippen LogP contribution in [-0.2, 0) is 22.6 Å². The summed E-state index contributed by atoms with van der Waals surface area (Å²) < 4.78 is 23.8. The van der Waals surface area contributed by atoms with Gasteiger partial charge in [-0.2, -0.15) is 0 Å². The number of piperidine rings is 1. The smallest absolute Gasteiger partial charge is 0.410 e. The van der Waals surface area contributed by atoms with E-state index in [1.165, 1.54) is 0 Å². The van der Waals surface area contributed by atoms with Crippen molar-refractivity contribution in [3.8, 4) is 11.5 Å². The number of imidazole rings is 1. The van der Waals surface area contributed by atoms with E-state index in [4.69, 9.17) is 23.9 Å². The molecule has 5 rings (SSSR count). The van der Waals surface area contributed by atoms with Gasteiger partial charge in [-0.05, 0) is 68.7 Å². The summed E-state index contributed by atoms with van der Waals surface area (Å²) in [6, 6.07) is 17.3. The van der Waals surface area contributed by atoms with Gasteiger partial charge in [0.1, 0.15) is 22.6 Å². The summed E-state index contributed by atoms with van der Waals surface area (Å²) in [7, 11) is 4.91. The second-order valence-corrected chi connectivity index (χ2v) is 12.0. The van der Waals surface area contributed by atoms with Crippen molar-refractivity contribution >= 4 is 22.9 Å². The van der Waals surface area contributed by atoms with Crippen LogP contribution in [0.25, 0.3) is 11.0 Å². The molecule has 0 saturated carbocycles. The maximum absolute atomic E-state index is 13.6. The molecule has 0 spiro atoms. The highest BCUT2D eigenvalue weighted by molar-refractivity contribution is 5.86. The molecule has 3 heterocycles. The van der Waals surface area contributed by atoms with Gasteiger partial charge in [-0.3, -0.25) is 4.57 Å². The first kappa shape index (κ1) is 30.9. The Morgan fingerprint density at radius 2 is 1.52 bits per heavy atom. The molecule has 0 radical (unpaired) electrons. The van der Waals surface area contributed by atoms with Gasteiger partial charge in [0, 0.05) is 32.9 Å². The molecule has 234 valence electrons. The van der Waals surface area contributed by atoms with Crippen molar-refractivity contribution in [2.45, 2.75) is 58.0 Å². The molecular formula is C33H41N5O6. The lowest BCUT2D eigenvalue weighted by atomic mass is 10.0. The zero-order valence-electron chi connectivity index (χ0n) is 26.2. The molecule has 2 aromatic heterocycles. The van der Waals surface area contributed by atoms with Gasteiger partial charge in [0.25, 0.3) is 0 Å². The normalized spacial score (nSPS) is 17.0. The van der Waals surface area contributed by atoms with Crippen LogP contribution < -0.4 is 20.1 Å². The summed E-state index contributed by atoms with van der Waals surface area (Å²) >= 11 is 0. The molecule has 11 heteroatoms. The van der Waals surface area contributed by atoms with Crippen molar-refractivity contribution in [2.75, 3.05) is 39.3 Å². The number of methoxy groups -OCH3 is 3. The quantitative estimate of drug-likeness (QED) is 0.280. The van der Waals surface area contributed by atoms with E-state index >= 15 is 0 Å². The van der Waals surface area contributed by atoms with E-state index in [9.17, 15) is 9.59 Å². The largest absolute Gasteiger partial charge is 0.497 e. The van der Waals surface area contributed by atoms with Crippen molar-refractivity contribution in [1.82, 2.24) is 19.4 Å². The van der Waals surface area contributed by atoms with Gasteiger partial charge in [0.15, 0.2) is 5.82 Å². The molecule has 1 unspecified atom stereocenters. The minimum atomic E-state index is -0.637. The van der Waals surface area contributed by atoms with Crippen LogP contribution in [0.1, 0.15) is 44.4 Å². The minimum absolute atomic E-state index is 0.249. The van der Waals surface area contributed by atoms with Crippen molar-refractivity contribution in [1.29, 1.82) is 0 Å². The average Bonchev–Trinajstić information content (AvgIpc) is 3.36.